The van der Waals surface area contributed by atoms with Gasteiger partial charge in [0.2, 0.25) is 10.0 Å². The molecule has 2 aromatic rings. The lowest BCUT2D eigenvalue weighted by Gasteiger charge is -2.26. The third-order valence-electron chi connectivity index (χ3n) is 4.73. The van der Waals surface area contributed by atoms with Crippen molar-refractivity contribution >= 4 is 16.0 Å². The Hall–Kier alpha value is -2.82. The first kappa shape index (κ1) is 23.8. The molecule has 3 rings (SSSR count). The molecule has 0 saturated carbocycles. The molecule has 1 heterocycles. The second-order valence-electron chi connectivity index (χ2n) is 6.94. The smallest absolute Gasteiger partial charge is 0.347 e. The van der Waals surface area contributed by atoms with E-state index in [0.29, 0.717) is 43.6 Å². The minimum atomic E-state index is -3.55. The van der Waals surface area contributed by atoms with E-state index < -0.39 is 22.1 Å². The largest absolute Gasteiger partial charge is 0.497 e. The average Bonchev–Trinajstić information content (AvgIpc) is 2.83. The van der Waals surface area contributed by atoms with E-state index in [0.717, 1.165) is 0 Å². The van der Waals surface area contributed by atoms with Crippen molar-refractivity contribution in [2.24, 2.45) is 0 Å². The molecule has 1 unspecified atom stereocenters. The second-order valence-corrected chi connectivity index (χ2v) is 8.88. The number of esters is 1. The Labute approximate surface area is 187 Å². The van der Waals surface area contributed by atoms with Gasteiger partial charge in [0.25, 0.3) is 0 Å². The summed E-state index contributed by atoms with van der Waals surface area (Å²) in [7, 11) is -1.98. The van der Waals surface area contributed by atoms with Crippen LogP contribution >= 0.6 is 0 Å². The van der Waals surface area contributed by atoms with Gasteiger partial charge in [0, 0.05) is 13.1 Å². The molecule has 0 N–H and O–H groups in total. The molecule has 9 nitrogen and oxygen atoms in total. The first-order valence-corrected chi connectivity index (χ1v) is 11.6. The van der Waals surface area contributed by atoms with E-state index in [1.807, 2.05) is 0 Å². The number of carbonyl (C=O) groups excluding carboxylic acids is 1. The Balaban J connectivity index is 1.41. The lowest BCUT2D eigenvalue weighted by molar-refractivity contribution is -0.151. The summed E-state index contributed by atoms with van der Waals surface area (Å²) in [6.07, 6.45) is -0.784. The molecule has 1 atom stereocenters. The first-order valence-electron chi connectivity index (χ1n) is 10.2. The molecular formula is C22H27NO8S. The second kappa shape index (κ2) is 11.2. The fraction of sp³-hybridized carbons (Fsp3) is 0.409. The van der Waals surface area contributed by atoms with Crippen LogP contribution in [-0.4, -0.2) is 71.4 Å². The van der Waals surface area contributed by atoms with E-state index in [2.05, 4.69) is 0 Å². The van der Waals surface area contributed by atoms with Gasteiger partial charge in [-0.2, -0.15) is 4.31 Å². The van der Waals surface area contributed by atoms with Crippen molar-refractivity contribution in [2.45, 2.75) is 17.9 Å². The normalized spacial score (nSPS) is 15.6. The molecule has 0 aromatic heterocycles. The Morgan fingerprint density at radius 1 is 0.969 bits per heavy atom. The highest BCUT2D eigenvalue weighted by atomic mass is 32.2. The van der Waals surface area contributed by atoms with Crippen molar-refractivity contribution < 1.29 is 36.9 Å². The lowest BCUT2D eigenvalue weighted by Crippen LogP contribution is -2.40. The van der Waals surface area contributed by atoms with Crippen LogP contribution in [0.2, 0.25) is 0 Å². The van der Waals surface area contributed by atoms with Gasteiger partial charge in [-0.1, -0.05) is 0 Å². The summed E-state index contributed by atoms with van der Waals surface area (Å²) in [5.74, 6) is 1.18. The van der Waals surface area contributed by atoms with Crippen molar-refractivity contribution in [2.75, 3.05) is 46.6 Å². The van der Waals surface area contributed by atoms with Crippen LogP contribution in [-0.2, 0) is 24.3 Å². The monoisotopic (exact) mass is 465 g/mol. The van der Waals surface area contributed by atoms with Crippen molar-refractivity contribution in [1.82, 2.24) is 4.31 Å². The molecule has 1 fully saturated rings. The van der Waals surface area contributed by atoms with Crippen LogP contribution in [0, 0.1) is 0 Å². The Morgan fingerprint density at radius 2 is 1.56 bits per heavy atom. The van der Waals surface area contributed by atoms with Gasteiger partial charge in [-0.25, -0.2) is 13.2 Å². The van der Waals surface area contributed by atoms with Gasteiger partial charge in [0.1, 0.15) is 30.5 Å². The minimum Gasteiger partial charge on any atom is -0.497 e. The fourth-order valence-corrected chi connectivity index (χ4v) is 4.38. The van der Waals surface area contributed by atoms with E-state index in [1.54, 1.807) is 50.4 Å². The molecular weight excluding hydrogens is 438 g/mol. The molecule has 174 valence electrons. The summed E-state index contributed by atoms with van der Waals surface area (Å²) in [6.45, 7) is 3.21. The zero-order valence-electron chi connectivity index (χ0n) is 18.1. The summed E-state index contributed by atoms with van der Waals surface area (Å²) < 4.78 is 53.2. The summed E-state index contributed by atoms with van der Waals surface area (Å²) >= 11 is 0. The number of hydrogen-bond donors (Lipinski definition) is 0. The number of rotatable bonds is 10. The summed E-state index contributed by atoms with van der Waals surface area (Å²) in [6, 6.07) is 13.0. The average molecular weight is 466 g/mol. The molecule has 0 aliphatic carbocycles. The predicted molar refractivity (Wildman–Crippen MR) is 116 cm³/mol. The summed E-state index contributed by atoms with van der Waals surface area (Å²) in [5.41, 5.74) is 0. The molecule has 1 aliphatic heterocycles. The van der Waals surface area contributed by atoms with E-state index in [-0.39, 0.29) is 18.1 Å². The van der Waals surface area contributed by atoms with Crippen molar-refractivity contribution in [3.63, 3.8) is 0 Å². The lowest BCUT2D eigenvalue weighted by atomic mass is 10.3. The molecule has 0 bridgehead atoms. The van der Waals surface area contributed by atoms with Crippen LogP contribution < -0.4 is 14.2 Å². The van der Waals surface area contributed by atoms with Gasteiger partial charge in [-0.05, 0) is 55.5 Å². The Kier molecular flexibility index (Phi) is 8.32. The zero-order valence-corrected chi connectivity index (χ0v) is 18.9. The van der Waals surface area contributed by atoms with Crippen LogP contribution in [0.1, 0.15) is 6.92 Å². The maximum Gasteiger partial charge on any atom is 0.347 e. The highest BCUT2D eigenvalue weighted by molar-refractivity contribution is 7.89. The third kappa shape index (κ3) is 6.35. The molecule has 1 aliphatic rings. The quantitative estimate of drug-likeness (QED) is 0.389. The van der Waals surface area contributed by atoms with Crippen LogP contribution in [0.15, 0.2) is 53.4 Å². The molecule has 10 heteroatoms. The SMILES string of the molecule is COc1ccc(OC(C)C(=O)OCCOc2ccc(S(=O)(=O)N3CCOCC3)cc2)cc1. The standard InChI is InChI=1S/C22H27NO8S/c1-17(31-20-5-3-18(27-2)4-6-20)22(24)30-16-15-29-19-7-9-21(10-8-19)32(25,26)23-11-13-28-14-12-23/h3-10,17H,11-16H2,1-2H3. The highest BCUT2D eigenvalue weighted by Gasteiger charge is 2.26. The number of ether oxygens (including phenoxy) is 5. The van der Waals surface area contributed by atoms with Gasteiger partial charge in [0.05, 0.1) is 25.2 Å². The van der Waals surface area contributed by atoms with Gasteiger partial charge < -0.3 is 23.7 Å². The number of carbonyl (C=O) groups is 1. The zero-order chi connectivity index (χ0) is 23.0. The number of sulfonamides is 1. The highest BCUT2D eigenvalue weighted by Crippen LogP contribution is 2.21. The van der Waals surface area contributed by atoms with E-state index in [4.69, 9.17) is 23.7 Å². The molecule has 0 spiro atoms. The topological polar surface area (TPSA) is 101 Å². The van der Waals surface area contributed by atoms with E-state index in [9.17, 15) is 13.2 Å². The maximum absolute atomic E-state index is 12.6. The van der Waals surface area contributed by atoms with E-state index >= 15 is 0 Å². The van der Waals surface area contributed by atoms with Crippen molar-refractivity contribution in [1.29, 1.82) is 0 Å². The number of hydrogen-bond acceptors (Lipinski definition) is 8. The number of morpholine rings is 1. The molecule has 0 amide bonds. The fourth-order valence-electron chi connectivity index (χ4n) is 2.97. The van der Waals surface area contributed by atoms with Crippen LogP contribution in [0.4, 0.5) is 0 Å². The van der Waals surface area contributed by atoms with Gasteiger partial charge in [-0.3, -0.25) is 0 Å². The van der Waals surface area contributed by atoms with Gasteiger partial charge in [0.15, 0.2) is 6.10 Å². The number of nitrogens with zero attached hydrogens (tertiary/aromatic N) is 1. The van der Waals surface area contributed by atoms with Gasteiger partial charge in [-0.15, -0.1) is 0 Å². The van der Waals surface area contributed by atoms with Gasteiger partial charge >= 0.3 is 5.97 Å². The first-order chi connectivity index (χ1) is 15.4. The molecule has 32 heavy (non-hydrogen) atoms. The van der Waals surface area contributed by atoms with Crippen LogP contribution in [0.3, 0.4) is 0 Å². The van der Waals surface area contributed by atoms with Crippen molar-refractivity contribution in [3.8, 4) is 17.2 Å². The van der Waals surface area contributed by atoms with Crippen molar-refractivity contribution in [3.05, 3.63) is 48.5 Å². The number of benzene rings is 2. The Morgan fingerprint density at radius 3 is 2.19 bits per heavy atom. The summed E-state index contributed by atoms with van der Waals surface area (Å²) in [5, 5.41) is 0. The maximum atomic E-state index is 12.6. The van der Waals surface area contributed by atoms with Crippen LogP contribution in [0.25, 0.3) is 0 Å². The number of methoxy groups -OCH3 is 1. The molecule has 2 aromatic carbocycles. The minimum absolute atomic E-state index is 0.0307. The predicted octanol–water partition coefficient (Wildman–Crippen LogP) is 2.11. The third-order valence-corrected chi connectivity index (χ3v) is 6.65. The molecule has 0 radical (unpaired) electrons. The summed E-state index contributed by atoms with van der Waals surface area (Å²) in [4.78, 5) is 12.3. The Bertz CT molecular complexity index is 970. The van der Waals surface area contributed by atoms with Crippen LogP contribution in [0.5, 0.6) is 17.2 Å². The molecule has 1 saturated heterocycles. The van der Waals surface area contributed by atoms with E-state index in [1.165, 1.54) is 16.4 Å².